The molecule has 0 aliphatic heterocycles. The van der Waals surface area contributed by atoms with E-state index in [0.29, 0.717) is 35.9 Å². The predicted molar refractivity (Wildman–Crippen MR) is 131 cm³/mol. The van der Waals surface area contributed by atoms with Crippen LogP contribution in [0.15, 0.2) is 31.0 Å². The number of anilines is 2. The zero-order valence-electron chi connectivity index (χ0n) is 20.0. The van der Waals surface area contributed by atoms with Crippen LogP contribution in [0.2, 0.25) is 0 Å². The molecule has 0 unspecified atom stereocenters. The van der Waals surface area contributed by atoms with E-state index in [4.69, 9.17) is 19.9 Å². The van der Waals surface area contributed by atoms with E-state index in [2.05, 4.69) is 21.9 Å². The molecule has 1 heterocycles. The highest BCUT2D eigenvalue weighted by Gasteiger charge is 2.15. The van der Waals surface area contributed by atoms with Crippen LogP contribution in [0, 0.1) is 0 Å². The zero-order chi connectivity index (χ0) is 24.1. The first-order valence-corrected chi connectivity index (χ1v) is 11.3. The number of nitrogen functional groups attached to an aromatic ring is 1. The van der Waals surface area contributed by atoms with Gasteiger partial charge in [0, 0.05) is 24.6 Å². The van der Waals surface area contributed by atoms with E-state index in [1.807, 2.05) is 18.2 Å². The molecule has 1 amide bonds. The third-order valence-electron chi connectivity index (χ3n) is 5.33. The molecule has 2 rings (SSSR count). The zero-order valence-corrected chi connectivity index (χ0v) is 20.0. The second kappa shape index (κ2) is 14.0. The van der Waals surface area contributed by atoms with Gasteiger partial charge in [-0.05, 0) is 37.0 Å². The van der Waals surface area contributed by atoms with E-state index in [-0.39, 0.29) is 11.9 Å². The number of hydrogen-bond acceptors (Lipinski definition) is 7. The number of amides is 1. The predicted octanol–water partition coefficient (Wildman–Crippen LogP) is 4.92. The van der Waals surface area contributed by atoms with Gasteiger partial charge in [0.2, 0.25) is 17.6 Å². The molecule has 0 aliphatic rings. The van der Waals surface area contributed by atoms with Gasteiger partial charge in [-0.15, -0.1) is 6.58 Å². The van der Waals surface area contributed by atoms with Crippen LogP contribution in [-0.4, -0.2) is 37.2 Å². The molecule has 0 saturated heterocycles. The number of nitrogens with two attached hydrogens (primary N) is 1. The maximum atomic E-state index is 12.2. The van der Waals surface area contributed by atoms with Crippen LogP contribution >= 0.6 is 0 Å². The standard InChI is InChI=1S/C25H36N4O4/c1-5-6-7-8-9-10-11-12-13-22(30)28-25-27-17-19(24(26)29-25)14-18-15-20(31-2)23(33-4)21(16-18)32-3/h5,15-17H,1,6-14H2,2-4H3,(H3,26,27,28,29,30). The van der Waals surface area contributed by atoms with Crippen molar-refractivity contribution in [1.29, 1.82) is 0 Å². The van der Waals surface area contributed by atoms with Crippen molar-refractivity contribution in [2.24, 2.45) is 0 Å². The van der Waals surface area contributed by atoms with Crippen molar-refractivity contribution >= 4 is 17.7 Å². The van der Waals surface area contributed by atoms with Gasteiger partial charge in [0.1, 0.15) is 5.82 Å². The SMILES string of the molecule is C=CCCCCCCCCC(=O)Nc1ncc(Cc2cc(OC)c(OC)c(OC)c2)c(N)n1. The van der Waals surface area contributed by atoms with Crippen molar-refractivity contribution in [3.8, 4) is 17.2 Å². The van der Waals surface area contributed by atoms with Gasteiger partial charge in [-0.3, -0.25) is 10.1 Å². The van der Waals surface area contributed by atoms with Gasteiger partial charge in [-0.2, -0.15) is 4.98 Å². The van der Waals surface area contributed by atoms with Crippen molar-refractivity contribution in [3.63, 3.8) is 0 Å². The molecule has 33 heavy (non-hydrogen) atoms. The highest BCUT2D eigenvalue weighted by molar-refractivity contribution is 5.89. The number of unbranched alkanes of at least 4 members (excludes halogenated alkanes) is 6. The first-order chi connectivity index (χ1) is 16.0. The van der Waals surface area contributed by atoms with E-state index < -0.39 is 0 Å². The molecule has 0 radical (unpaired) electrons. The summed E-state index contributed by atoms with van der Waals surface area (Å²) in [5.74, 6) is 2.08. The Balaban J connectivity index is 1.88. The van der Waals surface area contributed by atoms with Crippen LogP contribution in [-0.2, 0) is 11.2 Å². The molecule has 0 spiro atoms. The Morgan fingerprint density at radius 2 is 1.67 bits per heavy atom. The summed E-state index contributed by atoms with van der Waals surface area (Å²) in [4.78, 5) is 20.7. The minimum atomic E-state index is -0.0987. The van der Waals surface area contributed by atoms with Gasteiger partial charge in [-0.25, -0.2) is 4.98 Å². The summed E-state index contributed by atoms with van der Waals surface area (Å²) in [6.07, 6.45) is 12.2. The molecule has 8 heteroatoms. The van der Waals surface area contributed by atoms with Crippen molar-refractivity contribution in [1.82, 2.24) is 9.97 Å². The quantitative estimate of drug-likeness (QED) is 0.289. The minimum Gasteiger partial charge on any atom is -0.493 e. The van der Waals surface area contributed by atoms with Crippen molar-refractivity contribution in [2.45, 2.75) is 57.8 Å². The van der Waals surface area contributed by atoms with Gasteiger partial charge >= 0.3 is 0 Å². The lowest BCUT2D eigenvalue weighted by molar-refractivity contribution is -0.116. The number of ether oxygens (including phenoxy) is 3. The molecule has 0 fully saturated rings. The summed E-state index contributed by atoms with van der Waals surface area (Å²) in [5.41, 5.74) is 7.77. The monoisotopic (exact) mass is 456 g/mol. The van der Waals surface area contributed by atoms with Crippen LogP contribution in [0.4, 0.5) is 11.8 Å². The molecular weight excluding hydrogens is 420 g/mol. The van der Waals surface area contributed by atoms with Crippen molar-refractivity contribution < 1.29 is 19.0 Å². The Labute approximate surface area is 196 Å². The number of carbonyl (C=O) groups excluding carboxylic acids is 1. The summed E-state index contributed by atoms with van der Waals surface area (Å²) in [6, 6.07) is 3.71. The number of nitrogens with one attached hydrogen (secondary N) is 1. The number of methoxy groups -OCH3 is 3. The number of benzene rings is 1. The summed E-state index contributed by atoms with van der Waals surface area (Å²) in [6.45, 7) is 3.73. The average Bonchev–Trinajstić information content (AvgIpc) is 2.81. The molecule has 8 nitrogen and oxygen atoms in total. The number of rotatable bonds is 15. The lowest BCUT2D eigenvalue weighted by atomic mass is 10.1. The highest BCUT2D eigenvalue weighted by atomic mass is 16.5. The summed E-state index contributed by atoms with van der Waals surface area (Å²) in [7, 11) is 4.70. The van der Waals surface area contributed by atoms with Crippen molar-refractivity contribution in [3.05, 3.63) is 42.1 Å². The lowest BCUT2D eigenvalue weighted by Crippen LogP contribution is -2.15. The second-order valence-electron chi connectivity index (χ2n) is 7.81. The number of allylic oxidation sites excluding steroid dienone is 1. The topological polar surface area (TPSA) is 109 Å². The average molecular weight is 457 g/mol. The second-order valence-corrected chi connectivity index (χ2v) is 7.81. The number of hydrogen-bond donors (Lipinski definition) is 2. The molecular formula is C25H36N4O4. The van der Waals surface area contributed by atoms with E-state index in [1.54, 1.807) is 27.5 Å². The molecule has 0 saturated carbocycles. The Hall–Kier alpha value is -3.29. The van der Waals surface area contributed by atoms with Gasteiger partial charge in [-0.1, -0.05) is 31.8 Å². The fraction of sp³-hybridized carbons (Fsp3) is 0.480. The maximum Gasteiger partial charge on any atom is 0.231 e. The van der Waals surface area contributed by atoms with Crippen LogP contribution in [0.5, 0.6) is 17.2 Å². The van der Waals surface area contributed by atoms with E-state index in [1.165, 1.54) is 19.3 Å². The van der Waals surface area contributed by atoms with Gasteiger partial charge in [0.15, 0.2) is 11.5 Å². The van der Waals surface area contributed by atoms with Gasteiger partial charge in [0.05, 0.1) is 21.3 Å². The molecule has 0 atom stereocenters. The van der Waals surface area contributed by atoms with Crippen LogP contribution < -0.4 is 25.3 Å². The third kappa shape index (κ3) is 8.29. The summed E-state index contributed by atoms with van der Waals surface area (Å²) in [5, 5.41) is 2.74. The van der Waals surface area contributed by atoms with Crippen LogP contribution in [0.25, 0.3) is 0 Å². The smallest absolute Gasteiger partial charge is 0.231 e. The van der Waals surface area contributed by atoms with Gasteiger partial charge < -0.3 is 19.9 Å². The molecule has 0 bridgehead atoms. The van der Waals surface area contributed by atoms with Gasteiger partial charge in [0.25, 0.3) is 0 Å². The van der Waals surface area contributed by atoms with E-state index in [0.717, 1.165) is 36.8 Å². The van der Waals surface area contributed by atoms with Crippen molar-refractivity contribution in [2.75, 3.05) is 32.4 Å². The van der Waals surface area contributed by atoms with Crippen LogP contribution in [0.3, 0.4) is 0 Å². The number of nitrogens with zero attached hydrogens (tertiary/aromatic N) is 2. The molecule has 180 valence electrons. The lowest BCUT2D eigenvalue weighted by Gasteiger charge is -2.14. The molecule has 0 aliphatic carbocycles. The number of aromatic nitrogens is 2. The Kier molecular flexibility index (Phi) is 11.0. The molecule has 1 aromatic heterocycles. The molecule has 1 aromatic carbocycles. The fourth-order valence-corrected chi connectivity index (χ4v) is 3.54. The Morgan fingerprint density at radius 3 is 2.24 bits per heavy atom. The van der Waals surface area contributed by atoms with E-state index >= 15 is 0 Å². The Morgan fingerprint density at radius 1 is 1.03 bits per heavy atom. The highest BCUT2D eigenvalue weighted by Crippen LogP contribution is 2.38. The minimum absolute atomic E-state index is 0.0987. The first-order valence-electron chi connectivity index (χ1n) is 11.3. The maximum absolute atomic E-state index is 12.2. The largest absolute Gasteiger partial charge is 0.493 e. The Bertz CT molecular complexity index is 892. The third-order valence-corrected chi connectivity index (χ3v) is 5.33. The van der Waals surface area contributed by atoms with E-state index in [9.17, 15) is 4.79 Å². The number of carbonyl (C=O) groups is 1. The molecule has 2 aromatic rings. The van der Waals surface area contributed by atoms with Crippen LogP contribution in [0.1, 0.15) is 62.5 Å². The molecule has 3 N–H and O–H groups in total. The fourth-order valence-electron chi connectivity index (χ4n) is 3.54. The summed E-state index contributed by atoms with van der Waals surface area (Å²) < 4.78 is 16.2. The normalized spacial score (nSPS) is 10.5. The summed E-state index contributed by atoms with van der Waals surface area (Å²) >= 11 is 0. The first kappa shape index (κ1) is 26.0.